The number of urea groups is 1. The Kier molecular flexibility index (Phi) is 4.69. The van der Waals surface area contributed by atoms with Gasteiger partial charge in [-0.05, 0) is 38.0 Å². The summed E-state index contributed by atoms with van der Waals surface area (Å²) in [5.41, 5.74) is 5.38. The van der Waals surface area contributed by atoms with Crippen LogP contribution in [-0.4, -0.2) is 58.0 Å². The number of nitrogens with zero attached hydrogens (tertiary/aromatic N) is 2. The maximum Gasteiger partial charge on any atom is 0.326 e. The van der Waals surface area contributed by atoms with Gasteiger partial charge in [0.15, 0.2) is 0 Å². The van der Waals surface area contributed by atoms with Crippen LogP contribution in [0.4, 0.5) is 4.79 Å². The Bertz CT molecular complexity index is 440. The van der Waals surface area contributed by atoms with E-state index in [1.807, 2.05) is 6.92 Å². The summed E-state index contributed by atoms with van der Waals surface area (Å²) in [5.74, 6) is -1.58. The van der Waals surface area contributed by atoms with E-state index in [0.29, 0.717) is 19.5 Å². The number of aliphatic carboxylic acids is 1. The van der Waals surface area contributed by atoms with Crippen LogP contribution >= 0.6 is 0 Å². The molecule has 0 spiro atoms. The molecule has 3 N–H and O–H groups in total. The molecule has 2 aliphatic rings. The van der Waals surface area contributed by atoms with Crippen molar-refractivity contribution in [2.45, 2.75) is 51.1 Å². The Morgan fingerprint density at radius 2 is 1.71 bits per heavy atom. The predicted molar refractivity (Wildman–Crippen MR) is 75.5 cm³/mol. The van der Waals surface area contributed by atoms with E-state index in [9.17, 15) is 19.5 Å². The van der Waals surface area contributed by atoms with Gasteiger partial charge in [0.05, 0.1) is 0 Å². The lowest BCUT2D eigenvalue weighted by atomic mass is 9.91. The van der Waals surface area contributed by atoms with Gasteiger partial charge in [0.2, 0.25) is 5.91 Å². The lowest BCUT2D eigenvalue weighted by Crippen LogP contribution is -2.60. The van der Waals surface area contributed by atoms with E-state index in [-0.39, 0.29) is 11.9 Å². The number of carboxylic acid groups (broad SMARTS) is 1. The van der Waals surface area contributed by atoms with E-state index in [0.717, 1.165) is 25.7 Å². The number of carbonyl (C=O) groups is 3. The van der Waals surface area contributed by atoms with Gasteiger partial charge >= 0.3 is 12.0 Å². The second kappa shape index (κ2) is 6.32. The van der Waals surface area contributed by atoms with Crippen LogP contribution in [0.2, 0.25) is 0 Å². The van der Waals surface area contributed by atoms with Gasteiger partial charge in [-0.1, -0.05) is 6.92 Å². The number of piperidine rings is 2. The van der Waals surface area contributed by atoms with Crippen LogP contribution in [0.15, 0.2) is 0 Å². The van der Waals surface area contributed by atoms with Crippen LogP contribution in [0.25, 0.3) is 0 Å². The van der Waals surface area contributed by atoms with Crippen LogP contribution in [0.5, 0.6) is 0 Å². The van der Waals surface area contributed by atoms with Crippen molar-refractivity contribution in [3.05, 3.63) is 0 Å². The first-order valence-electron chi connectivity index (χ1n) is 7.53. The van der Waals surface area contributed by atoms with E-state index in [2.05, 4.69) is 0 Å². The summed E-state index contributed by atoms with van der Waals surface area (Å²) in [6, 6.07) is -1.79. The third-order valence-corrected chi connectivity index (χ3v) is 4.51. The van der Waals surface area contributed by atoms with Gasteiger partial charge in [-0.25, -0.2) is 9.59 Å². The zero-order chi connectivity index (χ0) is 15.6. The second-order valence-corrected chi connectivity index (χ2v) is 5.99. The van der Waals surface area contributed by atoms with Crippen molar-refractivity contribution in [1.29, 1.82) is 0 Å². The van der Waals surface area contributed by atoms with E-state index < -0.39 is 24.0 Å². The number of primary amides is 1. The van der Waals surface area contributed by atoms with Crippen LogP contribution in [0.3, 0.4) is 0 Å². The second-order valence-electron chi connectivity index (χ2n) is 5.99. The molecule has 2 saturated heterocycles. The highest BCUT2D eigenvalue weighted by Crippen LogP contribution is 2.27. The summed E-state index contributed by atoms with van der Waals surface area (Å²) in [6.07, 6.45) is 3.81. The van der Waals surface area contributed by atoms with Crippen molar-refractivity contribution in [2.75, 3.05) is 13.1 Å². The molecule has 3 unspecified atom stereocenters. The van der Waals surface area contributed by atoms with Crippen LogP contribution < -0.4 is 5.73 Å². The molecule has 0 saturated carbocycles. The molecule has 2 heterocycles. The minimum atomic E-state index is -0.983. The first kappa shape index (κ1) is 15.6. The van der Waals surface area contributed by atoms with Gasteiger partial charge in [0, 0.05) is 13.1 Å². The molecular formula is C14H23N3O4. The van der Waals surface area contributed by atoms with E-state index in [1.165, 1.54) is 9.80 Å². The first-order valence-corrected chi connectivity index (χ1v) is 7.53. The molecule has 3 atom stereocenters. The Labute approximate surface area is 124 Å². The molecule has 0 bridgehead atoms. The highest BCUT2D eigenvalue weighted by atomic mass is 16.4. The molecule has 2 aliphatic heterocycles. The minimum absolute atomic E-state index is 0.0861. The fourth-order valence-corrected chi connectivity index (χ4v) is 3.40. The Morgan fingerprint density at radius 3 is 2.33 bits per heavy atom. The molecule has 0 radical (unpaired) electrons. The van der Waals surface area contributed by atoms with E-state index in [1.54, 1.807) is 0 Å². The summed E-state index contributed by atoms with van der Waals surface area (Å²) in [5, 5.41) is 9.40. The fraction of sp³-hybridized carbons (Fsp3) is 0.786. The lowest BCUT2D eigenvalue weighted by molar-refractivity contribution is -0.145. The third-order valence-electron chi connectivity index (χ3n) is 4.51. The topological polar surface area (TPSA) is 104 Å². The maximum absolute atomic E-state index is 12.7. The summed E-state index contributed by atoms with van der Waals surface area (Å²) in [7, 11) is 0. The summed E-state index contributed by atoms with van der Waals surface area (Å²) in [6.45, 7) is 2.73. The first-order chi connectivity index (χ1) is 9.93. The van der Waals surface area contributed by atoms with Crippen LogP contribution in [0, 0.1) is 5.92 Å². The number of amides is 3. The highest BCUT2D eigenvalue weighted by molar-refractivity contribution is 5.88. The van der Waals surface area contributed by atoms with Crippen LogP contribution in [0.1, 0.15) is 39.0 Å². The molecule has 7 heteroatoms. The van der Waals surface area contributed by atoms with Crippen molar-refractivity contribution in [1.82, 2.24) is 9.80 Å². The normalized spacial score (nSPS) is 30.0. The van der Waals surface area contributed by atoms with E-state index in [4.69, 9.17) is 5.73 Å². The molecule has 7 nitrogen and oxygen atoms in total. The standard InChI is InChI=1S/C14H23N3O4/c1-9-5-4-8-17(11(9)13(19)20)14(21)16-7-3-2-6-10(16)12(15)18/h9-11H,2-8H2,1H3,(H2,15,18)(H,19,20). The average molecular weight is 297 g/mol. The average Bonchev–Trinajstić information content (AvgIpc) is 2.45. The zero-order valence-electron chi connectivity index (χ0n) is 12.3. The molecule has 2 fully saturated rings. The Hall–Kier alpha value is -1.79. The smallest absolute Gasteiger partial charge is 0.326 e. The van der Waals surface area contributed by atoms with Crippen molar-refractivity contribution in [2.24, 2.45) is 11.7 Å². The molecule has 0 aliphatic carbocycles. The van der Waals surface area contributed by atoms with Crippen molar-refractivity contribution in [3.63, 3.8) is 0 Å². The summed E-state index contributed by atoms with van der Waals surface area (Å²) in [4.78, 5) is 38.6. The number of likely N-dealkylation sites (tertiary alicyclic amines) is 2. The lowest BCUT2D eigenvalue weighted by Gasteiger charge is -2.43. The Balaban J connectivity index is 2.19. The van der Waals surface area contributed by atoms with Crippen molar-refractivity contribution >= 4 is 17.9 Å². The molecule has 2 rings (SSSR count). The number of rotatable bonds is 2. The van der Waals surface area contributed by atoms with Crippen molar-refractivity contribution in [3.8, 4) is 0 Å². The molecule has 3 amide bonds. The summed E-state index contributed by atoms with van der Waals surface area (Å²) < 4.78 is 0. The molecule has 0 aromatic heterocycles. The summed E-state index contributed by atoms with van der Waals surface area (Å²) >= 11 is 0. The number of nitrogens with two attached hydrogens (primary N) is 1. The maximum atomic E-state index is 12.7. The zero-order valence-corrected chi connectivity index (χ0v) is 12.3. The van der Waals surface area contributed by atoms with Gasteiger partial charge in [-0.15, -0.1) is 0 Å². The monoisotopic (exact) mass is 297 g/mol. The number of carboxylic acids is 1. The van der Waals surface area contributed by atoms with Gasteiger partial charge in [0.1, 0.15) is 12.1 Å². The number of carbonyl (C=O) groups excluding carboxylic acids is 2. The number of hydrogen-bond acceptors (Lipinski definition) is 3. The molecule has 118 valence electrons. The molecular weight excluding hydrogens is 274 g/mol. The highest BCUT2D eigenvalue weighted by Gasteiger charge is 2.41. The predicted octanol–water partition coefficient (Wildman–Crippen LogP) is 0.631. The quantitative estimate of drug-likeness (QED) is 0.780. The Morgan fingerprint density at radius 1 is 1.05 bits per heavy atom. The minimum Gasteiger partial charge on any atom is -0.480 e. The number of hydrogen-bond donors (Lipinski definition) is 2. The van der Waals surface area contributed by atoms with Gasteiger partial charge in [0.25, 0.3) is 0 Å². The molecule has 0 aromatic rings. The van der Waals surface area contributed by atoms with Crippen LogP contribution in [-0.2, 0) is 9.59 Å². The SMILES string of the molecule is CC1CCCN(C(=O)N2CCCCC2C(N)=O)C1C(=O)O. The molecule has 0 aromatic carbocycles. The van der Waals surface area contributed by atoms with Gasteiger partial charge in [-0.2, -0.15) is 0 Å². The van der Waals surface area contributed by atoms with Gasteiger partial charge < -0.3 is 20.6 Å². The van der Waals surface area contributed by atoms with E-state index >= 15 is 0 Å². The fourth-order valence-electron chi connectivity index (χ4n) is 3.40. The van der Waals surface area contributed by atoms with Crippen molar-refractivity contribution < 1.29 is 19.5 Å². The largest absolute Gasteiger partial charge is 0.480 e. The third kappa shape index (κ3) is 3.11. The van der Waals surface area contributed by atoms with Gasteiger partial charge in [-0.3, -0.25) is 4.79 Å². The molecule has 21 heavy (non-hydrogen) atoms.